The average Bonchev–Trinajstić information content (AvgIpc) is 2.68. The molecule has 0 saturated carbocycles. The SMILES string of the molecule is COCCn1ccc2c(OCC(=O)Nc3ccc(Br)cc3)cccc2c1=O. The highest BCUT2D eigenvalue weighted by Gasteiger charge is 2.09. The summed E-state index contributed by atoms with van der Waals surface area (Å²) in [7, 11) is 1.59. The van der Waals surface area contributed by atoms with E-state index in [4.69, 9.17) is 9.47 Å². The fourth-order valence-electron chi connectivity index (χ4n) is 2.65. The lowest BCUT2D eigenvalue weighted by Gasteiger charge is -2.11. The summed E-state index contributed by atoms with van der Waals surface area (Å²) in [4.78, 5) is 24.7. The minimum absolute atomic E-state index is 0.116. The van der Waals surface area contributed by atoms with Gasteiger partial charge in [0.15, 0.2) is 6.61 Å². The van der Waals surface area contributed by atoms with Crippen molar-refractivity contribution in [2.45, 2.75) is 6.54 Å². The van der Waals surface area contributed by atoms with Crippen LogP contribution in [0.1, 0.15) is 0 Å². The van der Waals surface area contributed by atoms with Gasteiger partial charge in [0.25, 0.3) is 11.5 Å². The third kappa shape index (κ3) is 4.75. The number of aromatic nitrogens is 1. The molecule has 0 aliphatic rings. The van der Waals surface area contributed by atoms with Crippen LogP contribution >= 0.6 is 15.9 Å². The summed E-state index contributed by atoms with van der Waals surface area (Å²) >= 11 is 3.35. The normalized spacial score (nSPS) is 10.7. The van der Waals surface area contributed by atoms with Crippen LogP contribution in [0.2, 0.25) is 0 Å². The number of hydrogen-bond acceptors (Lipinski definition) is 4. The van der Waals surface area contributed by atoms with Crippen molar-refractivity contribution in [3.63, 3.8) is 0 Å². The quantitative estimate of drug-likeness (QED) is 0.623. The van der Waals surface area contributed by atoms with Gasteiger partial charge in [-0.15, -0.1) is 0 Å². The molecular formula is C20H19BrN2O4. The molecule has 27 heavy (non-hydrogen) atoms. The first-order chi connectivity index (χ1) is 13.1. The van der Waals surface area contributed by atoms with E-state index in [-0.39, 0.29) is 18.1 Å². The zero-order valence-corrected chi connectivity index (χ0v) is 16.4. The average molecular weight is 431 g/mol. The number of methoxy groups -OCH3 is 1. The van der Waals surface area contributed by atoms with Crippen LogP contribution in [0.3, 0.4) is 0 Å². The second-order valence-corrected chi connectivity index (χ2v) is 6.78. The minimum Gasteiger partial charge on any atom is -0.483 e. The third-order valence-corrected chi connectivity index (χ3v) is 4.53. The molecule has 1 N–H and O–H groups in total. The molecule has 0 saturated heterocycles. The Kier molecular flexibility index (Phi) is 6.26. The fourth-order valence-corrected chi connectivity index (χ4v) is 2.92. The van der Waals surface area contributed by atoms with E-state index in [0.717, 1.165) is 4.47 Å². The summed E-state index contributed by atoms with van der Waals surface area (Å²) in [5.41, 5.74) is 0.570. The molecular weight excluding hydrogens is 412 g/mol. The number of pyridine rings is 1. The lowest BCUT2D eigenvalue weighted by atomic mass is 10.1. The van der Waals surface area contributed by atoms with Gasteiger partial charge in [-0.2, -0.15) is 0 Å². The molecule has 3 rings (SSSR count). The molecule has 3 aromatic rings. The summed E-state index contributed by atoms with van der Waals surface area (Å²) in [5.74, 6) is 0.220. The van der Waals surface area contributed by atoms with E-state index in [1.165, 1.54) is 0 Å². The van der Waals surface area contributed by atoms with Crippen LogP contribution in [-0.4, -0.2) is 30.8 Å². The van der Waals surface area contributed by atoms with Crippen molar-refractivity contribution in [2.24, 2.45) is 0 Å². The largest absolute Gasteiger partial charge is 0.483 e. The number of hydrogen-bond donors (Lipinski definition) is 1. The Bertz CT molecular complexity index is 999. The highest BCUT2D eigenvalue weighted by atomic mass is 79.9. The lowest BCUT2D eigenvalue weighted by molar-refractivity contribution is -0.118. The number of carbonyl (C=O) groups excluding carboxylic acids is 1. The number of halogens is 1. The Balaban J connectivity index is 1.73. The van der Waals surface area contributed by atoms with Crippen molar-refractivity contribution < 1.29 is 14.3 Å². The molecule has 0 aliphatic heterocycles. The zero-order chi connectivity index (χ0) is 19.2. The molecule has 7 heteroatoms. The number of nitrogens with zero attached hydrogens (tertiary/aromatic N) is 1. The monoisotopic (exact) mass is 430 g/mol. The second kappa shape index (κ2) is 8.83. The number of ether oxygens (including phenoxy) is 2. The predicted molar refractivity (Wildman–Crippen MR) is 108 cm³/mol. The van der Waals surface area contributed by atoms with Gasteiger partial charge in [0, 0.05) is 35.4 Å². The zero-order valence-electron chi connectivity index (χ0n) is 14.8. The molecule has 1 amide bonds. The molecule has 140 valence electrons. The van der Waals surface area contributed by atoms with Crippen LogP contribution in [0.15, 0.2) is 64.0 Å². The summed E-state index contributed by atoms with van der Waals surface area (Å²) in [6, 6.07) is 14.3. The first-order valence-corrected chi connectivity index (χ1v) is 9.17. The summed E-state index contributed by atoms with van der Waals surface area (Å²) in [6.07, 6.45) is 1.71. The van der Waals surface area contributed by atoms with Crippen LogP contribution in [0.25, 0.3) is 10.8 Å². The highest BCUT2D eigenvalue weighted by Crippen LogP contribution is 2.23. The number of fused-ring (bicyclic) bond motifs is 1. The van der Waals surface area contributed by atoms with Crippen molar-refractivity contribution in [1.29, 1.82) is 0 Å². The van der Waals surface area contributed by atoms with E-state index in [2.05, 4.69) is 21.2 Å². The summed E-state index contributed by atoms with van der Waals surface area (Å²) in [5, 5.41) is 3.98. The van der Waals surface area contributed by atoms with Gasteiger partial charge >= 0.3 is 0 Å². The van der Waals surface area contributed by atoms with Crippen LogP contribution in [0.4, 0.5) is 5.69 Å². The highest BCUT2D eigenvalue weighted by molar-refractivity contribution is 9.10. The first kappa shape index (κ1) is 19.1. The number of anilines is 1. The standard InChI is InChI=1S/C20H19BrN2O4/c1-26-12-11-23-10-9-16-17(20(23)25)3-2-4-18(16)27-13-19(24)22-15-7-5-14(21)6-8-15/h2-10H,11-13H2,1H3,(H,22,24). The fraction of sp³-hybridized carbons (Fsp3) is 0.200. The Hall–Kier alpha value is -2.64. The Morgan fingerprint density at radius 3 is 2.63 bits per heavy atom. The van der Waals surface area contributed by atoms with Gasteiger partial charge in [-0.3, -0.25) is 9.59 Å². The molecule has 6 nitrogen and oxygen atoms in total. The maximum atomic E-state index is 12.6. The molecule has 0 unspecified atom stereocenters. The van der Waals surface area contributed by atoms with E-state index in [9.17, 15) is 9.59 Å². The third-order valence-electron chi connectivity index (χ3n) is 4.00. The van der Waals surface area contributed by atoms with E-state index in [0.29, 0.717) is 35.4 Å². The molecule has 0 atom stereocenters. The van der Waals surface area contributed by atoms with Gasteiger partial charge in [-0.05, 0) is 42.5 Å². The molecule has 0 aliphatic carbocycles. The molecule has 0 spiro atoms. The predicted octanol–water partition coefficient (Wildman–Crippen LogP) is 3.43. The summed E-state index contributed by atoms with van der Waals surface area (Å²) in [6.45, 7) is 0.783. The van der Waals surface area contributed by atoms with E-state index in [1.807, 2.05) is 18.2 Å². The van der Waals surface area contributed by atoms with Gasteiger partial charge in [0.2, 0.25) is 0 Å². The maximum absolute atomic E-state index is 12.6. The van der Waals surface area contributed by atoms with Crippen molar-refractivity contribution in [2.75, 3.05) is 25.6 Å². The number of benzene rings is 2. The molecule has 0 radical (unpaired) electrons. The smallest absolute Gasteiger partial charge is 0.262 e. The molecule has 0 bridgehead atoms. The van der Waals surface area contributed by atoms with Gasteiger partial charge in [0.05, 0.1) is 12.0 Å². The van der Waals surface area contributed by atoms with Gasteiger partial charge in [-0.1, -0.05) is 22.0 Å². The first-order valence-electron chi connectivity index (χ1n) is 8.38. The Morgan fingerprint density at radius 2 is 1.89 bits per heavy atom. The molecule has 2 aromatic carbocycles. The second-order valence-electron chi connectivity index (χ2n) is 5.87. The van der Waals surface area contributed by atoms with Gasteiger partial charge in [-0.25, -0.2) is 0 Å². The van der Waals surface area contributed by atoms with Crippen molar-refractivity contribution in [1.82, 2.24) is 4.57 Å². The molecule has 1 heterocycles. The lowest BCUT2D eigenvalue weighted by Crippen LogP contribution is -2.22. The molecule has 1 aromatic heterocycles. The van der Waals surface area contributed by atoms with Crippen LogP contribution in [-0.2, 0) is 16.1 Å². The minimum atomic E-state index is -0.275. The van der Waals surface area contributed by atoms with Gasteiger partial charge < -0.3 is 19.4 Å². The van der Waals surface area contributed by atoms with E-state index < -0.39 is 0 Å². The van der Waals surface area contributed by atoms with E-state index in [1.54, 1.807) is 48.2 Å². The van der Waals surface area contributed by atoms with Crippen molar-refractivity contribution >= 4 is 38.3 Å². The van der Waals surface area contributed by atoms with E-state index >= 15 is 0 Å². The number of nitrogens with one attached hydrogen (secondary N) is 1. The Morgan fingerprint density at radius 1 is 1.11 bits per heavy atom. The van der Waals surface area contributed by atoms with Crippen molar-refractivity contribution in [3.8, 4) is 5.75 Å². The Labute approximate surface area is 164 Å². The molecule has 0 fully saturated rings. The number of rotatable bonds is 7. The van der Waals surface area contributed by atoms with Crippen molar-refractivity contribution in [3.05, 3.63) is 69.6 Å². The maximum Gasteiger partial charge on any atom is 0.262 e. The topological polar surface area (TPSA) is 69.6 Å². The summed E-state index contributed by atoms with van der Waals surface area (Å²) < 4.78 is 13.2. The van der Waals surface area contributed by atoms with Crippen LogP contribution in [0, 0.1) is 0 Å². The van der Waals surface area contributed by atoms with Crippen LogP contribution < -0.4 is 15.6 Å². The van der Waals surface area contributed by atoms with Gasteiger partial charge in [0.1, 0.15) is 5.75 Å². The van der Waals surface area contributed by atoms with Crippen LogP contribution in [0.5, 0.6) is 5.75 Å². The number of amides is 1. The number of carbonyl (C=O) groups is 1.